The highest BCUT2D eigenvalue weighted by Gasteiger charge is 2.35. The molecular formula is C88H83N10O25S2-3. The number of aryl methyl sites for hydroxylation is 7. The van der Waals surface area contributed by atoms with Crippen LogP contribution in [0.25, 0.3) is 66.9 Å². The van der Waals surface area contributed by atoms with Crippen LogP contribution in [0, 0.1) is 59.8 Å². The predicted molar refractivity (Wildman–Crippen MR) is 454 cm³/mol. The number of tetrazole rings is 1. The Kier molecular flexibility index (Phi) is 31.6. The molecule has 37 heteroatoms. The number of rotatable bonds is 26. The van der Waals surface area contributed by atoms with E-state index in [-0.39, 0.29) is 93.3 Å². The van der Waals surface area contributed by atoms with Crippen LogP contribution in [0.15, 0.2) is 158 Å². The summed E-state index contributed by atoms with van der Waals surface area (Å²) < 4.78 is 59.5. The number of fused-ring (bicyclic) bond motifs is 4. The number of anilines is 1. The molecule has 13 rings (SSSR count). The van der Waals surface area contributed by atoms with Crippen LogP contribution in [-0.2, 0) is 41.7 Å². The highest BCUT2D eigenvalue weighted by molar-refractivity contribution is 8.00. The van der Waals surface area contributed by atoms with Gasteiger partial charge in [0.05, 0.1) is 85.5 Å². The summed E-state index contributed by atoms with van der Waals surface area (Å²) in [6.45, 7) is 20.1. The first-order chi connectivity index (χ1) is 59.4. The first kappa shape index (κ1) is 93.9. The molecule has 35 nitrogen and oxygen atoms in total. The van der Waals surface area contributed by atoms with Crippen LogP contribution in [0.4, 0.5) is 5.82 Å². The number of carboxylic acid groups (broad SMARTS) is 3. The third-order valence-corrected chi connectivity index (χ3v) is 20.4. The Balaban J connectivity index is 0.000000178. The number of Topliss-reactive ketones (excluding diaryl/α,β-unsaturated/α-hetero) is 2. The molecule has 6 aromatic carbocycles. The van der Waals surface area contributed by atoms with E-state index in [2.05, 4.69) is 42.2 Å². The average Bonchev–Trinajstić information content (AvgIpc) is 0.989. The summed E-state index contributed by atoms with van der Waals surface area (Å²) in [5, 5.41) is 57.1. The number of thioether (sulfide) groups is 2. The van der Waals surface area contributed by atoms with Crippen molar-refractivity contribution in [1.29, 1.82) is 5.26 Å². The number of ether oxygens (including phenoxy) is 8. The first-order valence-corrected chi connectivity index (χ1v) is 39.6. The van der Waals surface area contributed by atoms with Gasteiger partial charge in [-0.15, -0.1) is 10.2 Å². The molecule has 7 heterocycles. The van der Waals surface area contributed by atoms with Crippen LogP contribution in [0.1, 0.15) is 97.4 Å². The molecule has 0 unspecified atom stereocenters. The van der Waals surface area contributed by atoms with Crippen LogP contribution in [0.5, 0.6) is 40.2 Å². The Morgan fingerprint density at radius 1 is 0.592 bits per heavy atom. The minimum atomic E-state index is -1.45. The molecule has 1 aliphatic heterocycles. The fourth-order valence-electron chi connectivity index (χ4n) is 12.6. The van der Waals surface area contributed by atoms with Gasteiger partial charge in [-0.3, -0.25) is 33.7 Å². The summed E-state index contributed by atoms with van der Waals surface area (Å²) in [4.78, 5) is 144. The second kappa shape index (κ2) is 42.0. The number of nitriles is 1. The van der Waals surface area contributed by atoms with Gasteiger partial charge >= 0.3 is 11.6 Å². The number of nitrogens with one attached hydrogen (secondary N) is 2. The molecule has 0 saturated heterocycles. The second-order valence-electron chi connectivity index (χ2n) is 27.7. The van der Waals surface area contributed by atoms with Crippen LogP contribution in [0.3, 0.4) is 0 Å². The normalized spacial score (nSPS) is 11.3. The Morgan fingerprint density at radius 3 is 1.71 bits per heavy atom. The van der Waals surface area contributed by atoms with Gasteiger partial charge in [-0.2, -0.15) is 10.5 Å². The zero-order valence-electron chi connectivity index (χ0n) is 70.6. The van der Waals surface area contributed by atoms with E-state index in [0.29, 0.717) is 118 Å². The van der Waals surface area contributed by atoms with Gasteiger partial charge in [0.15, 0.2) is 52.8 Å². The molecule has 0 radical (unpaired) electrons. The average molecular weight is 1740 g/mol. The smallest absolute Gasteiger partial charge is 0.343 e. The van der Waals surface area contributed by atoms with E-state index in [1.54, 1.807) is 94.4 Å². The van der Waals surface area contributed by atoms with Crippen molar-refractivity contribution in [3.63, 3.8) is 0 Å². The van der Waals surface area contributed by atoms with E-state index >= 15 is 0 Å². The topological polar surface area (TPSA) is 497 Å². The lowest BCUT2D eigenvalue weighted by atomic mass is 10.0. The Labute approximate surface area is 720 Å². The third kappa shape index (κ3) is 22.8. The van der Waals surface area contributed by atoms with E-state index in [1.807, 2.05) is 83.2 Å². The lowest BCUT2D eigenvalue weighted by molar-refractivity contribution is -0.308. The Bertz CT molecular complexity index is 6490. The van der Waals surface area contributed by atoms with E-state index < -0.39 is 59.1 Å². The molecule has 2 N–H and O–H groups in total. The number of esters is 1. The number of pyridine rings is 1. The number of aliphatic carboxylic acids is 3. The molecule has 1 amide bonds. The van der Waals surface area contributed by atoms with Crippen LogP contribution in [-0.4, -0.2) is 156 Å². The van der Waals surface area contributed by atoms with Crippen LogP contribution >= 0.6 is 23.5 Å². The number of carbonyl (C=O) groups is 7. The summed E-state index contributed by atoms with van der Waals surface area (Å²) in [6.07, 6.45) is 0.0300. The molecule has 0 bridgehead atoms. The van der Waals surface area contributed by atoms with Gasteiger partial charge in [-0.05, 0) is 169 Å². The highest BCUT2D eigenvalue weighted by Crippen LogP contribution is 2.42. The van der Waals surface area contributed by atoms with Crippen molar-refractivity contribution in [3.8, 4) is 80.4 Å². The summed E-state index contributed by atoms with van der Waals surface area (Å²) >= 11 is 2.00. The third-order valence-electron chi connectivity index (χ3n) is 18.3. The van der Waals surface area contributed by atoms with Crippen molar-refractivity contribution < 1.29 is 100 Å². The molecule has 125 heavy (non-hydrogen) atoms. The quantitative estimate of drug-likeness (QED) is 0.0222. The Hall–Kier alpha value is -14.9. The number of aromatic amines is 2. The van der Waals surface area contributed by atoms with E-state index in [1.165, 1.54) is 53.3 Å². The monoisotopic (exact) mass is 1740 g/mol. The largest absolute Gasteiger partial charge is 0.549 e. The highest BCUT2D eigenvalue weighted by atomic mass is 32.2. The van der Waals surface area contributed by atoms with Gasteiger partial charge in [-0.25, -0.2) is 19.6 Å². The van der Waals surface area contributed by atoms with Crippen molar-refractivity contribution in [1.82, 2.24) is 40.5 Å². The molecule has 1 aliphatic rings. The van der Waals surface area contributed by atoms with Gasteiger partial charge in [0, 0.05) is 48.5 Å². The second-order valence-corrected chi connectivity index (χ2v) is 29.6. The molecule has 0 spiro atoms. The van der Waals surface area contributed by atoms with E-state index in [4.69, 9.17) is 56.4 Å². The molecule has 6 aromatic heterocycles. The maximum absolute atomic E-state index is 13.1. The Morgan fingerprint density at radius 2 is 1.16 bits per heavy atom. The summed E-state index contributed by atoms with van der Waals surface area (Å²) in [5.74, 6) is -1.66. The number of H-pyrrole nitrogens is 2. The number of hydrogen-bond donors (Lipinski definition) is 2. The fourth-order valence-corrected chi connectivity index (χ4v) is 14.1. The SMILES string of the molecule is C=C1N(C)C(=O)c2c(SCC(=O)[O-])nc(-c3ccc(C)cc3)nc2N1C.CC(=O)Cc1c(C)c2c(OCc3nn[nH]n3)cc(C)cc2oc1=O.CCOC(=O)c1cc(C#N)c(SCC(C)=O)[nH]c1=O.COc1ccc(-c2oc3c(C)cc(C)cc3c(=O)c2OCC(=O)[O-])cc1OC.COc1ccc(-c2oc3cc(C)cc(C)c3c(=O)c2OCC(=O)[O-])cc1OC. The zero-order valence-corrected chi connectivity index (χ0v) is 72.2. The van der Waals surface area contributed by atoms with Crippen LogP contribution < -0.4 is 75.4 Å². The van der Waals surface area contributed by atoms with Gasteiger partial charge in [0.25, 0.3) is 11.5 Å². The maximum atomic E-state index is 13.1. The number of carboxylic acids is 3. The number of methoxy groups -OCH3 is 4. The molecule has 0 fully saturated rings. The number of benzene rings is 6. The van der Waals surface area contributed by atoms with Gasteiger partial charge in [-0.1, -0.05) is 77.3 Å². The van der Waals surface area contributed by atoms with Crippen molar-refractivity contribution in [2.45, 2.75) is 92.3 Å². The summed E-state index contributed by atoms with van der Waals surface area (Å²) in [5.41, 5.74) is 7.38. The molecule has 650 valence electrons. The lowest BCUT2D eigenvalue weighted by Gasteiger charge is -2.35. The first-order valence-electron chi connectivity index (χ1n) is 37.6. The maximum Gasteiger partial charge on any atom is 0.343 e. The minimum absolute atomic E-state index is 0.0300. The van der Waals surface area contributed by atoms with E-state index in [0.717, 1.165) is 56.9 Å². The number of aromatic nitrogens is 7. The fraction of sp³-hybridized carbons (Fsp3) is 0.261. The summed E-state index contributed by atoms with van der Waals surface area (Å²) in [7, 11) is 9.34. The molecule has 0 atom stereocenters. The number of nitrogens with zero attached hydrogens (tertiary/aromatic N) is 8. The lowest BCUT2D eigenvalue weighted by Crippen LogP contribution is -2.41. The predicted octanol–water partition coefficient (Wildman–Crippen LogP) is 8.47. The number of hydrogen-bond acceptors (Lipinski definition) is 34. The molecular weight excluding hydrogens is 1660 g/mol. The summed E-state index contributed by atoms with van der Waals surface area (Å²) in [6, 6.07) is 31.4. The number of ketones is 2. The van der Waals surface area contributed by atoms with Gasteiger partial charge < -0.3 is 90.7 Å². The zero-order chi connectivity index (χ0) is 91.5. The van der Waals surface area contributed by atoms with Crippen molar-refractivity contribution in [2.75, 3.05) is 78.8 Å². The van der Waals surface area contributed by atoms with Gasteiger partial charge in [0.2, 0.25) is 28.2 Å². The van der Waals surface area contributed by atoms with Crippen molar-refractivity contribution in [2.24, 2.45) is 0 Å². The number of carbonyl (C=O) groups excluding carboxylic acids is 7. The standard InChI is InChI=1S/2C21H20O7.C18H18N4O3S.C16H16N4O4.C12H12N2O4S/c1-11-7-12(2)19-14(8-11)18(24)21(27-10-17(22)23)20(28-19)13-5-6-15(25-3)16(9-13)26-4;1-11-7-12(2)18-16(8-11)28-20(21(19(18)24)27-10-17(22)23)13-5-6-14(25-3)15(9-13)26-4;1-10-5-7-12(8-6-10)15-19-16-14(17(20-15)26-9-13(23)24)18(25)22(4)11(2)21(16)3;1-8-4-12(23-7-14-17-19-20-18-14)15-10(3)11(6-9(2)21)16(22)24-13(15)5-8;1-3-18-12(17)9-4-8(5-13)11(14-10(9)16)19-6-7(2)15/h2*5-9H,10H2,1-4H3,(H,22,23);5-8H,2,9H2,1,3-4H3,(H,23,24);4-5H,6-7H2,1-3H3,(H,17,18,19,20);4H,3,6H2,1-2H3,(H,14,16)/p-3. The van der Waals surface area contributed by atoms with Crippen molar-refractivity contribution in [3.05, 3.63) is 224 Å². The van der Waals surface area contributed by atoms with E-state index in [9.17, 15) is 68.1 Å². The minimum Gasteiger partial charge on any atom is -0.549 e. The molecule has 12 aromatic rings. The molecule has 0 aliphatic carbocycles. The van der Waals surface area contributed by atoms with Crippen LogP contribution in [0.2, 0.25) is 0 Å². The number of amides is 1. The van der Waals surface area contributed by atoms with Gasteiger partial charge in [0.1, 0.15) is 75.3 Å². The van der Waals surface area contributed by atoms with Crippen molar-refractivity contribution >= 4 is 104 Å². The molecule has 0 saturated carbocycles.